The van der Waals surface area contributed by atoms with Crippen molar-refractivity contribution >= 4 is 18.0 Å². The number of hydrogen-bond acceptors (Lipinski definition) is 4. The second kappa shape index (κ2) is 12.3. The van der Waals surface area contributed by atoms with Crippen LogP contribution in [0.2, 0.25) is 0 Å². The average Bonchev–Trinajstić information content (AvgIpc) is 2.16. The summed E-state index contributed by atoms with van der Waals surface area (Å²) in [5.41, 5.74) is 5.09. The van der Waals surface area contributed by atoms with Crippen LogP contribution in [-0.2, 0) is 14.3 Å². The SMILES string of the molecule is CCCN=C(N)N=C=O.CCOC(C)=O. The number of nitrogens with two attached hydrogens (primary N) is 1. The highest BCUT2D eigenvalue weighted by Gasteiger charge is 1.82. The van der Waals surface area contributed by atoms with Gasteiger partial charge in [-0.05, 0) is 13.3 Å². The van der Waals surface area contributed by atoms with Crippen molar-refractivity contribution < 1.29 is 14.3 Å². The number of carbonyl (C=O) groups is 1. The fraction of sp³-hybridized carbons (Fsp3) is 0.667. The van der Waals surface area contributed by atoms with Gasteiger partial charge in [-0.25, -0.2) is 4.79 Å². The molecule has 0 bridgehead atoms. The summed E-state index contributed by atoms with van der Waals surface area (Å²) < 4.78 is 4.40. The minimum Gasteiger partial charge on any atom is -0.466 e. The van der Waals surface area contributed by atoms with Crippen LogP contribution in [0.3, 0.4) is 0 Å². The normalized spacial score (nSPS) is 9.40. The van der Waals surface area contributed by atoms with E-state index in [-0.39, 0.29) is 11.9 Å². The quantitative estimate of drug-likeness (QED) is 0.323. The molecule has 86 valence electrons. The zero-order valence-electron chi connectivity index (χ0n) is 9.32. The van der Waals surface area contributed by atoms with E-state index < -0.39 is 0 Å². The minimum absolute atomic E-state index is 0.00634. The summed E-state index contributed by atoms with van der Waals surface area (Å²) in [6.07, 6.45) is 2.19. The van der Waals surface area contributed by atoms with E-state index in [1.807, 2.05) is 6.92 Å². The Morgan fingerprint density at radius 3 is 2.33 bits per heavy atom. The first-order chi connectivity index (χ1) is 7.08. The third-order valence-corrected chi connectivity index (χ3v) is 1.01. The second-order valence-electron chi connectivity index (χ2n) is 2.37. The Bertz CT molecular complexity index is 245. The Labute approximate surface area is 89.2 Å². The molecule has 15 heavy (non-hydrogen) atoms. The molecule has 0 saturated heterocycles. The number of rotatable bonds is 3. The van der Waals surface area contributed by atoms with E-state index in [1.54, 1.807) is 6.92 Å². The summed E-state index contributed by atoms with van der Waals surface area (Å²) in [6.45, 7) is 6.22. The smallest absolute Gasteiger partial charge is 0.302 e. The number of isocyanates is 1. The van der Waals surface area contributed by atoms with Crippen LogP contribution >= 0.6 is 0 Å². The van der Waals surface area contributed by atoms with Crippen molar-refractivity contribution in [2.45, 2.75) is 27.2 Å². The number of aliphatic imine (C=N–C) groups is 2. The summed E-state index contributed by atoms with van der Waals surface area (Å²) in [7, 11) is 0. The summed E-state index contributed by atoms with van der Waals surface area (Å²) in [4.78, 5) is 26.1. The van der Waals surface area contributed by atoms with Crippen molar-refractivity contribution in [3.05, 3.63) is 0 Å². The fourth-order valence-electron chi connectivity index (χ4n) is 0.512. The number of guanidine groups is 1. The standard InChI is InChI=1S/C5H9N3O.C4H8O2/c1-2-3-7-5(6)8-4-9;1-3-6-4(2)5/h2-3H2,1H3,(H2,6,7);3H2,1-2H3. The van der Waals surface area contributed by atoms with Crippen LogP contribution in [0.25, 0.3) is 0 Å². The fourth-order valence-corrected chi connectivity index (χ4v) is 0.512. The molecule has 0 heterocycles. The van der Waals surface area contributed by atoms with Crippen LogP contribution in [-0.4, -0.2) is 31.2 Å². The van der Waals surface area contributed by atoms with Gasteiger partial charge in [0.15, 0.2) is 0 Å². The van der Waals surface area contributed by atoms with Gasteiger partial charge in [0, 0.05) is 13.5 Å². The molecule has 0 fully saturated rings. The number of nitrogens with zero attached hydrogens (tertiary/aromatic N) is 2. The number of hydrogen-bond donors (Lipinski definition) is 1. The van der Waals surface area contributed by atoms with Crippen LogP contribution in [0.4, 0.5) is 0 Å². The van der Waals surface area contributed by atoms with E-state index in [1.165, 1.54) is 13.0 Å². The lowest BCUT2D eigenvalue weighted by molar-refractivity contribution is -0.140. The van der Waals surface area contributed by atoms with Gasteiger partial charge < -0.3 is 10.5 Å². The van der Waals surface area contributed by atoms with Crippen molar-refractivity contribution in [3.63, 3.8) is 0 Å². The Morgan fingerprint density at radius 1 is 1.47 bits per heavy atom. The van der Waals surface area contributed by atoms with Crippen molar-refractivity contribution in [1.29, 1.82) is 0 Å². The molecule has 0 rings (SSSR count). The highest BCUT2D eigenvalue weighted by atomic mass is 16.5. The molecule has 0 aromatic carbocycles. The predicted molar refractivity (Wildman–Crippen MR) is 57.2 cm³/mol. The molecule has 0 spiro atoms. The number of ether oxygens (including phenoxy) is 1. The van der Waals surface area contributed by atoms with Gasteiger partial charge in [0.2, 0.25) is 12.0 Å². The number of esters is 1. The summed E-state index contributed by atoms with van der Waals surface area (Å²) in [6, 6.07) is 0. The van der Waals surface area contributed by atoms with Crippen LogP contribution in [0.1, 0.15) is 27.2 Å². The third kappa shape index (κ3) is 19.0. The molecule has 0 saturated carbocycles. The molecule has 0 aliphatic rings. The monoisotopic (exact) mass is 215 g/mol. The van der Waals surface area contributed by atoms with Gasteiger partial charge in [0.25, 0.3) is 0 Å². The van der Waals surface area contributed by atoms with Crippen LogP contribution in [0, 0.1) is 0 Å². The zero-order chi connectivity index (χ0) is 12.1. The van der Waals surface area contributed by atoms with E-state index in [2.05, 4.69) is 14.7 Å². The van der Waals surface area contributed by atoms with Gasteiger partial charge >= 0.3 is 5.97 Å². The van der Waals surface area contributed by atoms with Crippen molar-refractivity contribution in [2.24, 2.45) is 15.7 Å². The van der Waals surface area contributed by atoms with Gasteiger partial charge in [-0.1, -0.05) is 6.92 Å². The van der Waals surface area contributed by atoms with E-state index in [0.717, 1.165) is 6.42 Å². The summed E-state index contributed by atoms with van der Waals surface area (Å²) in [5, 5.41) is 0. The zero-order valence-corrected chi connectivity index (χ0v) is 9.32. The van der Waals surface area contributed by atoms with Crippen LogP contribution in [0.5, 0.6) is 0 Å². The van der Waals surface area contributed by atoms with E-state index in [4.69, 9.17) is 5.73 Å². The molecular weight excluding hydrogens is 198 g/mol. The topological polar surface area (TPSA) is 94.1 Å². The van der Waals surface area contributed by atoms with Crippen molar-refractivity contribution in [1.82, 2.24) is 0 Å². The Kier molecular flexibility index (Phi) is 13.0. The van der Waals surface area contributed by atoms with Crippen LogP contribution in [0.15, 0.2) is 9.98 Å². The maximum atomic E-state index is 9.82. The molecule has 0 atom stereocenters. The number of carbonyl (C=O) groups excluding carboxylic acids is 2. The lowest BCUT2D eigenvalue weighted by Crippen LogP contribution is -2.07. The van der Waals surface area contributed by atoms with Gasteiger partial charge in [0.1, 0.15) is 0 Å². The Morgan fingerprint density at radius 2 is 2.07 bits per heavy atom. The van der Waals surface area contributed by atoms with E-state index in [9.17, 15) is 9.59 Å². The maximum Gasteiger partial charge on any atom is 0.302 e. The molecule has 2 N–H and O–H groups in total. The molecule has 6 nitrogen and oxygen atoms in total. The van der Waals surface area contributed by atoms with Crippen LogP contribution < -0.4 is 5.73 Å². The summed E-state index contributed by atoms with van der Waals surface area (Å²) >= 11 is 0. The first kappa shape index (κ1) is 15.8. The molecule has 6 heteroatoms. The van der Waals surface area contributed by atoms with Gasteiger partial charge in [-0.15, -0.1) is 4.99 Å². The minimum atomic E-state index is -0.211. The molecule has 0 aromatic heterocycles. The molecule has 0 aromatic rings. The lowest BCUT2D eigenvalue weighted by Gasteiger charge is -1.89. The lowest BCUT2D eigenvalue weighted by atomic mass is 10.5. The predicted octanol–water partition coefficient (Wildman–Crippen LogP) is 0.616. The Balaban J connectivity index is 0. The van der Waals surface area contributed by atoms with Gasteiger partial charge in [-0.2, -0.15) is 0 Å². The average molecular weight is 215 g/mol. The maximum absolute atomic E-state index is 9.82. The summed E-state index contributed by atoms with van der Waals surface area (Å²) in [5.74, 6) is -0.204. The third-order valence-electron chi connectivity index (χ3n) is 1.01. The highest BCUT2D eigenvalue weighted by Crippen LogP contribution is 1.77. The van der Waals surface area contributed by atoms with Crippen molar-refractivity contribution in [3.8, 4) is 0 Å². The Hall–Kier alpha value is -1.68. The first-order valence-corrected chi connectivity index (χ1v) is 4.59. The molecule has 0 aliphatic heterocycles. The largest absolute Gasteiger partial charge is 0.466 e. The molecular formula is C9H17N3O3. The van der Waals surface area contributed by atoms with Crippen molar-refractivity contribution in [2.75, 3.05) is 13.2 Å². The second-order valence-corrected chi connectivity index (χ2v) is 2.37. The molecule has 0 radical (unpaired) electrons. The van der Waals surface area contributed by atoms with Gasteiger partial charge in [0.05, 0.1) is 6.61 Å². The first-order valence-electron chi connectivity index (χ1n) is 4.59. The van der Waals surface area contributed by atoms with E-state index in [0.29, 0.717) is 13.2 Å². The molecule has 0 amide bonds. The van der Waals surface area contributed by atoms with E-state index >= 15 is 0 Å². The molecule has 0 aliphatic carbocycles. The molecule has 0 unspecified atom stereocenters. The highest BCUT2D eigenvalue weighted by molar-refractivity contribution is 5.82. The van der Waals surface area contributed by atoms with Gasteiger partial charge in [-0.3, -0.25) is 9.79 Å².